The van der Waals surface area contributed by atoms with Crippen molar-refractivity contribution < 1.29 is 0 Å². The van der Waals surface area contributed by atoms with E-state index in [1.807, 2.05) is 12.3 Å². The van der Waals surface area contributed by atoms with E-state index >= 15 is 0 Å². The fourth-order valence-electron chi connectivity index (χ4n) is 2.10. The monoisotopic (exact) mass is 332 g/mol. The van der Waals surface area contributed by atoms with E-state index in [-0.39, 0.29) is 5.54 Å². The molecular formula is C11H14Br2N2. The highest BCUT2D eigenvalue weighted by molar-refractivity contribution is 9.11. The molecule has 0 aromatic carbocycles. The second kappa shape index (κ2) is 4.15. The number of rotatable bonds is 3. The molecule has 82 valence electrons. The SMILES string of the molecule is CCCC1CC1(N)c1ncc(Br)cc1Br. The summed E-state index contributed by atoms with van der Waals surface area (Å²) in [6, 6.07) is 2.01. The van der Waals surface area contributed by atoms with E-state index in [1.54, 1.807) is 0 Å². The molecule has 2 N–H and O–H groups in total. The van der Waals surface area contributed by atoms with Crippen LogP contribution in [0, 0.1) is 5.92 Å². The molecule has 1 aliphatic carbocycles. The summed E-state index contributed by atoms with van der Waals surface area (Å²) < 4.78 is 1.99. The van der Waals surface area contributed by atoms with E-state index in [1.165, 1.54) is 12.8 Å². The summed E-state index contributed by atoms with van der Waals surface area (Å²) >= 11 is 6.92. The highest BCUT2D eigenvalue weighted by atomic mass is 79.9. The first kappa shape index (κ1) is 11.6. The van der Waals surface area contributed by atoms with Crippen molar-refractivity contribution in [1.82, 2.24) is 4.98 Å². The van der Waals surface area contributed by atoms with Gasteiger partial charge in [-0.3, -0.25) is 4.98 Å². The molecule has 4 heteroatoms. The van der Waals surface area contributed by atoms with Gasteiger partial charge in [0.05, 0.1) is 11.2 Å². The van der Waals surface area contributed by atoms with Crippen LogP contribution in [0.15, 0.2) is 21.2 Å². The third-order valence-corrected chi connectivity index (χ3v) is 4.08. The van der Waals surface area contributed by atoms with E-state index in [9.17, 15) is 0 Å². The number of pyridine rings is 1. The van der Waals surface area contributed by atoms with Gasteiger partial charge in [-0.15, -0.1) is 0 Å². The van der Waals surface area contributed by atoms with E-state index < -0.39 is 0 Å². The smallest absolute Gasteiger partial charge is 0.0747 e. The third-order valence-electron chi connectivity index (χ3n) is 3.04. The molecule has 1 aromatic rings. The second-order valence-corrected chi connectivity index (χ2v) is 5.98. The van der Waals surface area contributed by atoms with Gasteiger partial charge < -0.3 is 5.73 Å². The van der Waals surface area contributed by atoms with Crippen molar-refractivity contribution in [2.24, 2.45) is 11.7 Å². The van der Waals surface area contributed by atoms with Gasteiger partial charge in [0.15, 0.2) is 0 Å². The maximum absolute atomic E-state index is 6.34. The predicted octanol–water partition coefficient (Wildman–Crippen LogP) is 3.58. The van der Waals surface area contributed by atoms with E-state index in [4.69, 9.17) is 5.73 Å². The Bertz CT molecular complexity index is 381. The zero-order valence-electron chi connectivity index (χ0n) is 8.63. The van der Waals surface area contributed by atoms with Gasteiger partial charge in [-0.2, -0.15) is 0 Å². The maximum atomic E-state index is 6.34. The average Bonchev–Trinajstić information content (AvgIpc) is 2.78. The Morgan fingerprint density at radius 2 is 2.33 bits per heavy atom. The topological polar surface area (TPSA) is 38.9 Å². The van der Waals surface area contributed by atoms with Gasteiger partial charge >= 0.3 is 0 Å². The highest BCUT2D eigenvalue weighted by Crippen LogP contribution is 2.53. The standard InChI is InChI=1S/C11H14Br2N2/c1-2-3-7-5-11(7,14)10-9(13)4-8(12)6-15-10/h4,6-7H,2-3,5,14H2,1H3. The van der Waals surface area contributed by atoms with Crippen molar-refractivity contribution in [2.45, 2.75) is 31.7 Å². The van der Waals surface area contributed by atoms with Crippen LogP contribution in [-0.2, 0) is 5.54 Å². The minimum Gasteiger partial charge on any atom is -0.320 e. The number of halogens is 2. The summed E-state index contributed by atoms with van der Waals surface area (Å²) in [5, 5.41) is 0. The summed E-state index contributed by atoms with van der Waals surface area (Å²) in [5.41, 5.74) is 7.16. The lowest BCUT2D eigenvalue weighted by Crippen LogP contribution is -2.24. The van der Waals surface area contributed by atoms with Crippen LogP contribution >= 0.6 is 31.9 Å². The minimum absolute atomic E-state index is 0.185. The number of hydrogen-bond donors (Lipinski definition) is 1. The molecule has 1 heterocycles. The quantitative estimate of drug-likeness (QED) is 0.918. The van der Waals surface area contributed by atoms with Gasteiger partial charge in [-0.1, -0.05) is 13.3 Å². The lowest BCUT2D eigenvalue weighted by atomic mass is 10.1. The van der Waals surface area contributed by atoms with Crippen LogP contribution in [-0.4, -0.2) is 4.98 Å². The fourth-order valence-corrected chi connectivity index (χ4v) is 3.46. The molecule has 0 aliphatic heterocycles. The molecule has 2 unspecified atom stereocenters. The van der Waals surface area contributed by atoms with Crippen molar-refractivity contribution >= 4 is 31.9 Å². The number of aromatic nitrogens is 1. The van der Waals surface area contributed by atoms with Crippen molar-refractivity contribution in [3.05, 3.63) is 26.9 Å². The molecule has 0 spiro atoms. The number of hydrogen-bond acceptors (Lipinski definition) is 2. The Morgan fingerprint density at radius 1 is 1.60 bits per heavy atom. The van der Waals surface area contributed by atoms with Gasteiger partial charge in [0.1, 0.15) is 0 Å². The second-order valence-electron chi connectivity index (χ2n) is 4.21. The summed E-state index contributed by atoms with van der Waals surface area (Å²) in [6.07, 6.45) is 5.27. The fraction of sp³-hybridized carbons (Fsp3) is 0.545. The third kappa shape index (κ3) is 2.12. The van der Waals surface area contributed by atoms with Crippen LogP contribution in [0.1, 0.15) is 31.9 Å². The van der Waals surface area contributed by atoms with Crippen molar-refractivity contribution in [2.75, 3.05) is 0 Å². The van der Waals surface area contributed by atoms with Crippen LogP contribution < -0.4 is 5.73 Å². The largest absolute Gasteiger partial charge is 0.320 e. The van der Waals surface area contributed by atoms with Crippen LogP contribution in [0.4, 0.5) is 0 Å². The molecule has 15 heavy (non-hydrogen) atoms. The first-order chi connectivity index (χ1) is 7.08. The van der Waals surface area contributed by atoms with Crippen molar-refractivity contribution in [3.63, 3.8) is 0 Å². The molecule has 0 bridgehead atoms. The maximum Gasteiger partial charge on any atom is 0.0747 e. The van der Waals surface area contributed by atoms with E-state index in [0.29, 0.717) is 5.92 Å². The predicted molar refractivity (Wildman–Crippen MR) is 68.5 cm³/mol. The molecular weight excluding hydrogens is 320 g/mol. The first-order valence-electron chi connectivity index (χ1n) is 5.18. The molecule has 2 atom stereocenters. The Balaban J connectivity index is 2.24. The van der Waals surface area contributed by atoms with Crippen LogP contribution in [0.3, 0.4) is 0 Å². The molecule has 0 radical (unpaired) electrons. The summed E-state index contributed by atoms with van der Waals surface area (Å²) in [6.45, 7) is 2.20. The van der Waals surface area contributed by atoms with E-state index in [0.717, 1.165) is 21.1 Å². The molecule has 1 aromatic heterocycles. The van der Waals surface area contributed by atoms with Crippen LogP contribution in [0.5, 0.6) is 0 Å². The van der Waals surface area contributed by atoms with Crippen molar-refractivity contribution in [1.29, 1.82) is 0 Å². The van der Waals surface area contributed by atoms with Gasteiger partial charge in [0.2, 0.25) is 0 Å². The molecule has 1 aliphatic rings. The van der Waals surface area contributed by atoms with Gasteiger partial charge in [0.25, 0.3) is 0 Å². The first-order valence-corrected chi connectivity index (χ1v) is 6.77. The summed E-state index contributed by atoms with van der Waals surface area (Å²) in [4.78, 5) is 4.43. The van der Waals surface area contributed by atoms with Gasteiger partial charge in [-0.25, -0.2) is 0 Å². The lowest BCUT2D eigenvalue weighted by Gasteiger charge is -2.12. The minimum atomic E-state index is -0.185. The molecule has 0 amide bonds. The van der Waals surface area contributed by atoms with Crippen molar-refractivity contribution in [3.8, 4) is 0 Å². The molecule has 0 saturated heterocycles. The normalized spacial score (nSPS) is 29.2. The Hall–Kier alpha value is 0.0700. The molecule has 1 saturated carbocycles. The van der Waals surface area contributed by atoms with Gasteiger partial charge in [-0.05, 0) is 56.7 Å². The zero-order valence-corrected chi connectivity index (χ0v) is 11.8. The van der Waals surface area contributed by atoms with E-state index in [2.05, 4.69) is 43.8 Å². The summed E-state index contributed by atoms with van der Waals surface area (Å²) in [7, 11) is 0. The zero-order chi connectivity index (χ0) is 11.1. The average molecular weight is 334 g/mol. The Morgan fingerprint density at radius 3 is 2.93 bits per heavy atom. The van der Waals surface area contributed by atoms with Crippen LogP contribution in [0.25, 0.3) is 0 Å². The number of nitrogens with two attached hydrogens (primary N) is 1. The van der Waals surface area contributed by atoms with Gasteiger partial charge in [0, 0.05) is 15.1 Å². The molecule has 2 nitrogen and oxygen atoms in total. The molecule has 2 rings (SSSR count). The summed E-state index contributed by atoms with van der Waals surface area (Å²) in [5.74, 6) is 0.604. The lowest BCUT2D eigenvalue weighted by molar-refractivity contribution is 0.568. The number of nitrogens with zero attached hydrogens (tertiary/aromatic N) is 1. The van der Waals surface area contributed by atoms with Crippen LogP contribution in [0.2, 0.25) is 0 Å². The Labute approximate surface area is 107 Å². The Kier molecular flexibility index (Phi) is 3.20. The molecule has 1 fully saturated rings. The highest BCUT2D eigenvalue weighted by Gasteiger charge is 2.53.